The van der Waals surface area contributed by atoms with Crippen LogP contribution in [0.3, 0.4) is 0 Å². The second-order valence-electron chi connectivity index (χ2n) is 2.92. The summed E-state index contributed by atoms with van der Waals surface area (Å²) < 4.78 is 1.77. The summed E-state index contributed by atoms with van der Waals surface area (Å²) in [4.78, 5) is 0. The first kappa shape index (κ1) is 7.79. The highest BCUT2D eigenvalue weighted by molar-refractivity contribution is 6.06. The number of nitrogens with one attached hydrogen (secondary N) is 1. The molecule has 66 valence electrons. The number of fused-ring (bicyclic) bond motifs is 1. The lowest BCUT2D eigenvalue weighted by molar-refractivity contribution is 0.797. The molecule has 0 saturated heterocycles. The van der Waals surface area contributed by atoms with Crippen molar-refractivity contribution in [2.75, 3.05) is 0 Å². The van der Waals surface area contributed by atoms with Crippen molar-refractivity contribution in [3.63, 3.8) is 0 Å². The monoisotopic (exact) mass is 174 g/mol. The summed E-state index contributed by atoms with van der Waals surface area (Å²) >= 11 is 0. The number of aryl methyl sites for hydroxylation is 1. The molecule has 13 heavy (non-hydrogen) atoms. The highest BCUT2D eigenvalue weighted by atomic mass is 15.2. The summed E-state index contributed by atoms with van der Waals surface area (Å²) in [6.07, 6.45) is 1.73. The second-order valence-corrected chi connectivity index (χ2v) is 2.92. The van der Waals surface area contributed by atoms with Gasteiger partial charge in [0.05, 0.1) is 11.7 Å². The van der Waals surface area contributed by atoms with Gasteiger partial charge in [-0.2, -0.15) is 5.10 Å². The van der Waals surface area contributed by atoms with Gasteiger partial charge in [-0.3, -0.25) is 10.1 Å². The molecule has 1 heterocycles. The second kappa shape index (κ2) is 2.58. The van der Waals surface area contributed by atoms with Crippen molar-refractivity contribution in [1.82, 2.24) is 9.78 Å². The van der Waals surface area contributed by atoms with Gasteiger partial charge in [-0.05, 0) is 6.07 Å². The fraction of sp³-hybridized carbons (Fsp3) is 0.111. The number of nitrogen functional groups attached to an aromatic ring is 1. The van der Waals surface area contributed by atoms with Gasteiger partial charge in [0.1, 0.15) is 5.84 Å². The molecule has 0 spiro atoms. The summed E-state index contributed by atoms with van der Waals surface area (Å²) in [5, 5.41) is 12.4. The first-order valence-corrected chi connectivity index (χ1v) is 3.95. The maximum absolute atomic E-state index is 7.37. The van der Waals surface area contributed by atoms with E-state index in [9.17, 15) is 0 Å². The van der Waals surface area contributed by atoms with Gasteiger partial charge >= 0.3 is 0 Å². The molecule has 1 aromatic heterocycles. The lowest BCUT2D eigenvalue weighted by Crippen LogP contribution is -2.11. The molecule has 0 saturated carbocycles. The van der Waals surface area contributed by atoms with Gasteiger partial charge < -0.3 is 5.73 Å². The number of nitrogens with zero attached hydrogens (tertiary/aromatic N) is 2. The third-order valence-electron chi connectivity index (χ3n) is 2.08. The Kier molecular flexibility index (Phi) is 1.55. The van der Waals surface area contributed by atoms with Crippen molar-refractivity contribution < 1.29 is 0 Å². The predicted molar refractivity (Wildman–Crippen MR) is 51.7 cm³/mol. The molecule has 0 fully saturated rings. The Morgan fingerprint density at radius 3 is 3.00 bits per heavy atom. The third-order valence-corrected chi connectivity index (χ3v) is 2.08. The summed E-state index contributed by atoms with van der Waals surface area (Å²) in [6, 6.07) is 5.65. The van der Waals surface area contributed by atoms with Gasteiger partial charge in [0.2, 0.25) is 0 Å². The van der Waals surface area contributed by atoms with Crippen LogP contribution in [-0.4, -0.2) is 15.6 Å². The number of benzene rings is 1. The zero-order valence-corrected chi connectivity index (χ0v) is 7.28. The molecule has 4 nitrogen and oxygen atoms in total. The van der Waals surface area contributed by atoms with Crippen LogP contribution in [0, 0.1) is 5.41 Å². The molecular weight excluding hydrogens is 164 g/mol. The van der Waals surface area contributed by atoms with Crippen LogP contribution in [0.5, 0.6) is 0 Å². The third kappa shape index (κ3) is 1.07. The topological polar surface area (TPSA) is 67.7 Å². The molecule has 0 aliphatic rings. The van der Waals surface area contributed by atoms with Crippen molar-refractivity contribution in [3.05, 3.63) is 30.0 Å². The van der Waals surface area contributed by atoms with Crippen molar-refractivity contribution in [1.29, 1.82) is 5.41 Å². The number of rotatable bonds is 1. The van der Waals surface area contributed by atoms with E-state index >= 15 is 0 Å². The van der Waals surface area contributed by atoms with Crippen LogP contribution in [0.2, 0.25) is 0 Å². The van der Waals surface area contributed by atoms with E-state index in [4.69, 9.17) is 11.1 Å². The minimum absolute atomic E-state index is 0.0820. The van der Waals surface area contributed by atoms with E-state index < -0.39 is 0 Å². The maximum atomic E-state index is 7.37. The van der Waals surface area contributed by atoms with E-state index in [1.807, 2.05) is 25.2 Å². The minimum atomic E-state index is 0.0820. The van der Waals surface area contributed by atoms with E-state index in [2.05, 4.69) is 5.10 Å². The molecule has 0 bridgehead atoms. The molecule has 0 aliphatic heterocycles. The average molecular weight is 174 g/mol. The first-order chi connectivity index (χ1) is 6.20. The highest BCUT2D eigenvalue weighted by Crippen LogP contribution is 2.16. The lowest BCUT2D eigenvalue weighted by atomic mass is 10.1. The summed E-state index contributed by atoms with van der Waals surface area (Å²) in [7, 11) is 1.87. The lowest BCUT2D eigenvalue weighted by Gasteiger charge is -1.99. The molecule has 4 heteroatoms. The molecular formula is C9H10N4. The molecule has 0 unspecified atom stereocenters. The van der Waals surface area contributed by atoms with Gasteiger partial charge in [0, 0.05) is 18.0 Å². The van der Waals surface area contributed by atoms with Crippen molar-refractivity contribution in [2.24, 2.45) is 12.8 Å². The number of aromatic nitrogens is 2. The predicted octanol–water partition coefficient (Wildman–Crippen LogP) is 0.857. The number of hydrogen-bond acceptors (Lipinski definition) is 2. The Hall–Kier alpha value is -1.84. The van der Waals surface area contributed by atoms with Gasteiger partial charge in [-0.25, -0.2) is 0 Å². The smallest absolute Gasteiger partial charge is 0.123 e. The van der Waals surface area contributed by atoms with E-state index in [1.165, 1.54) is 0 Å². The SMILES string of the molecule is Cn1ncc2c(C(=N)N)cccc21. The van der Waals surface area contributed by atoms with E-state index in [-0.39, 0.29) is 5.84 Å². The number of nitrogens with two attached hydrogens (primary N) is 1. The number of hydrogen-bond donors (Lipinski definition) is 2. The zero-order chi connectivity index (χ0) is 9.42. The van der Waals surface area contributed by atoms with Crippen LogP contribution >= 0.6 is 0 Å². The van der Waals surface area contributed by atoms with E-state index in [0.717, 1.165) is 16.5 Å². The largest absolute Gasteiger partial charge is 0.384 e. The molecule has 3 N–H and O–H groups in total. The number of amidine groups is 1. The Bertz CT molecular complexity index is 469. The molecule has 0 amide bonds. The van der Waals surface area contributed by atoms with Gasteiger partial charge in [-0.1, -0.05) is 12.1 Å². The summed E-state index contributed by atoms with van der Waals surface area (Å²) in [6.45, 7) is 0. The van der Waals surface area contributed by atoms with Crippen LogP contribution in [0.25, 0.3) is 10.9 Å². The van der Waals surface area contributed by atoms with Crippen LogP contribution in [0.1, 0.15) is 5.56 Å². The summed E-state index contributed by atoms with van der Waals surface area (Å²) in [5.41, 5.74) is 7.17. The Labute approximate surface area is 75.5 Å². The van der Waals surface area contributed by atoms with Crippen molar-refractivity contribution in [3.8, 4) is 0 Å². The highest BCUT2D eigenvalue weighted by Gasteiger charge is 2.05. The first-order valence-electron chi connectivity index (χ1n) is 3.95. The molecule has 2 aromatic rings. The quantitative estimate of drug-likeness (QED) is 0.497. The maximum Gasteiger partial charge on any atom is 0.123 e. The van der Waals surface area contributed by atoms with Crippen LogP contribution in [0.15, 0.2) is 24.4 Å². The summed E-state index contributed by atoms with van der Waals surface area (Å²) in [5.74, 6) is 0.0820. The zero-order valence-electron chi connectivity index (χ0n) is 7.28. The van der Waals surface area contributed by atoms with Gasteiger partial charge in [0.25, 0.3) is 0 Å². The normalized spacial score (nSPS) is 10.5. The Balaban J connectivity index is 2.84. The van der Waals surface area contributed by atoms with Gasteiger partial charge in [0.15, 0.2) is 0 Å². The Morgan fingerprint density at radius 1 is 1.54 bits per heavy atom. The molecule has 0 radical (unpaired) electrons. The van der Waals surface area contributed by atoms with E-state index in [1.54, 1.807) is 10.9 Å². The fourth-order valence-corrected chi connectivity index (χ4v) is 1.41. The standard InChI is InChI=1S/C9H10N4/c1-13-8-4-2-3-6(9(10)11)7(8)5-12-13/h2-5H,1H3,(H3,10,11). The minimum Gasteiger partial charge on any atom is -0.384 e. The average Bonchev–Trinajstić information content (AvgIpc) is 2.48. The van der Waals surface area contributed by atoms with Gasteiger partial charge in [-0.15, -0.1) is 0 Å². The van der Waals surface area contributed by atoms with E-state index in [0.29, 0.717) is 0 Å². The Morgan fingerprint density at radius 2 is 2.31 bits per heavy atom. The van der Waals surface area contributed by atoms with Crippen LogP contribution < -0.4 is 5.73 Å². The fourth-order valence-electron chi connectivity index (χ4n) is 1.41. The molecule has 1 aromatic carbocycles. The molecule has 0 aliphatic carbocycles. The molecule has 0 atom stereocenters. The van der Waals surface area contributed by atoms with Crippen molar-refractivity contribution >= 4 is 16.7 Å². The molecule has 2 rings (SSSR count). The van der Waals surface area contributed by atoms with Crippen molar-refractivity contribution in [2.45, 2.75) is 0 Å². The van der Waals surface area contributed by atoms with Crippen LogP contribution in [0.4, 0.5) is 0 Å². The van der Waals surface area contributed by atoms with Crippen LogP contribution in [-0.2, 0) is 7.05 Å².